The highest BCUT2D eigenvalue weighted by Crippen LogP contribution is 2.28. The predicted octanol–water partition coefficient (Wildman–Crippen LogP) is 3.73. The number of aryl methyl sites for hydroxylation is 1. The minimum atomic E-state index is -0.469. The fourth-order valence-electron chi connectivity index (χ4n) is 2.17. The molecule has 0 aliphatic carbocycles. The molecule has 0 radical (unpaired) electrons. The van der Waals surface area contributed by atoms with Gasteiger partial charge in [-0.05, 0) is 30.7 Å². The van der Waals surface area contributed by atoms with Crippen LogP contribution < -0.4 is 14.8 Å². The van der Waals surface area contributed by atoms with Gasteiger partial charge in [-0.2, -0.15) is 0 Å². The van der Waals surface area contributed by atoms with E-state index in [9.17, 15) is 14.9 Å². The minimum Gasteiger partial charge on any atom is -0.493 e. The zero-order valence-electron chi connectivity index (χ0n) is 14.1. The summed E-state index contributed by atoms with van der Waals surface area (Å²) in [4.78, 5) is 22.6. The van der Waals surface area contributed by atoms with E-state index in [1.807, 2.05) is 6.92 Å². The van der Waals surface area contributed by atoms with E-state index in [-0.39, 0.29) is 11.5 Å². The van der Waals surface area contributed by atoms with Crippen LogP contribution >= 0.6 is 0 Å². The van der Waals surface area contributed by atoms with Crippen LogP contribution in [0.25, 0.3) is 0 Å². The van der Waals surface area contributed by atoms with E-state index in [2.05, 4.69) is 5.32 Å². The highest BCUT2D eigenvalue weighted by atomic mass is 16.6. The van der Waals surface area contributed by atoms with Crippen LogP contribution in [0.1, 0.15) is 15.9 Å². The molecule has 2 rings (SSSR count). The maximum Gasteiger partial charge on any atom is 0.271 e. The molecule has 0 saturated carbocycles. The molecular formula is C18H18N2O5. The van der Waals surface area contributed by atoms with Gasteiger partial charge in [-0.25, -0.2) is 0 Å². The Labute approximate surface area is 145 Å². The first-order valence-corrected chi connectivity index (χ1v) is 7.40. The van der Waals surface area contributed by atoms with Crippen molar-refractivity contribution in [1.82, 2.24) is 0 Å². The predicted molar refractivity (Wildman–Crippen MR) is 94.5 cm³/mol. The minimum absolute atomic E-state index is 0.0206. The van der Waals surface area contributed by atoms with Crippen LogP contribution in [0.4, 0.5) is 11.4 Å². The lowest BCUT2D eigenvalue weighted by atomic mass is 10.1. The molecule has 2 aromatic rings. The summed E-state index contributed by atoms with van der Waals surface area (Å²) in [7, 11) is 3.01. The van der Waals surface area contributed by atoms with Crippen molar-refractivity contribution in [3.05, 3.63) is 69.9 Å². The Bertz CT molecular complexity index is 830. The number of rotatable bonds is 7. The smallest absolute Gasteiger partial charge is 0.271 e. The topological polar surface area (TPSA) is 90.7 Å². The zero-order chi connectivity index (χ0) is 18.4. The second-order valence-electron chi connectivity index (χ2n) is 5.17. The van der Waals surface area contributed by atoms with Crippen LogP contribution in [0, 0.1) is 17.0 Å². The number of hydrogen-bond donors (Lipinski definition) is 1. The molecule has 130 valence electrons. The summed E-state index contributed by atoms with van der Waals surface area (Å²) in [5.74, 6) is 0.758. The molecule has 0 aliphatic heterocycles. The number of carbonyl (C=O) groups is 1. The normalized spacial score (nSPS) is 10.5. The average molecular weight is 342 g/mol. The van der Waals surface area contributed by atoms with Crippen molar-refractivity contribution in [3.63, 3.8) is 0 Å². The van der Waals surface area contributed by atoms with Crippen molar-refractivity contribution in [2.24, 2.45) is 0 Å². The first-order chi connectivity index (χ1) is 12.0. The van der Waals surface area contributed by atoms with Crippen LogP contribution in [0.2, 0.25) is 0 Å². The summed E-state index contributed by atoms with van der Waals surface area (Å²) in [5.41, 5.74) is 1.80. The van der Waals surface area contributed by atoms with Gasteiger partial charge in [0.05, 0.1) is 19.1 Å². The number of methoxy groups -OCH3 is 2. The van der Waals surface area contributed by atoms with Gasteiger partial charge in [-0.15, -0.1) is 0 Å². The van der Waals surface area contributed by atoms with Crippen molar-refractivity contribution in [1.29, 1.82) is 0 Å². The van der Waals surface area contributed by atoms with Gasteiger partial charge in [0.25, 0.3) is 5.69 Å². The molecule has 0 heterocycles. The largest absolute Gasteiger partial charge is 0.493 e. The lowest BCUT2D eigenvalue weighted by molar-refractivity contribution is -0.384. The Hall–Kier alpha value is -3.35. The van der Waals surface area contributed by atoms with Gasteiger partial charge < -0.3 is 14.8 Å². The second-order valence-corrected chi connectivity index (χ2v) is 5.17. The molecule has 0 spiro atoms. The third-order valence-electron chi connectivity index (χ3n) is 3.57. The van der Waals surface area contributed by atoms with E-state index >= 15 is 0 Å². The molecular weight excluding hydrogens is 324 g/mol. The lowest BCUT2D eigenvalue weighted by Gasteiger charge is -2.08. The molecule has 0 aliphatic rings. The Balaban J connectivity index is 2.13. The van der Waals surface area contributed by atoms with E-state index in [1.165, 1.54) is 38.6 Å². The van der Waals surface area contributed by atoms with Gasteiger partial charge in [0.1, 0.15) is 0 Å². The number of nitro benzene ring substituents is 1. The molecule has 7 heteroatoms. The number of nitrogens with zero attached hydrogens (tertiary/aromatic N) is 1. The molecule has 0 aromatic heterocycles. The molecule has 0 bridgehead atoms. The van der Waals surface area contributed by atoms with Gasteiger partial charge in [-0.3, -0.25) is 14.9 Å². The Kier molecular flexibility index (Phi) is 5.73. The molecule has 1 N–H and O–H groups in total. The molecule has 0 fully saturated rings. The van der Waals surface area contributed by atoms with Crippen molar-refractivity contribution in [2.75, 3.05) is 19.5 Å². The van der Waals surface area contributed by atoms with Crippen molar-refractivity contribution in [2.45, 2.75) is 6.92 Å². The maximum atomic E-state index is 12.2. The number of ether oxygens (including phenoxy) is 2. The second kappa shape index (κ2) is 7.96. The Morgan fingerprint density at radius 2 is 1.84 bits per heavy atom. The van der Waals surface area contributed by atoms with Crippen LogP contribution in [-0.4, -0.2) is 24.9 Å². The standard InChI is InChI=1S/C18H18N2O5/c1-12-4-6-14(20(22)23)11-15(12)19-9-8-16(21)13-5-7-17(24-2)18(10-13)25-3/h4-11,19H,1-3H3/b9-8-. The van der Waals surface area contributed by atoms with Crippen LogP contribution in [-0.2, 0) is 0 Å². The van der Waals surface area contributed by atoms with Gasteiger partial charge >= 0.3 is 0 Å². The molecule has 0 atom stereocenters. The van der Waals surface area contributed by atoms with Gasteiger partial charge in [0, 0.05) is 35.7 Å². The quantitative estimate of drug-likeness (QED) is 0.357. The summed E-state index contributed by atoms with van der Waals surface area (Å²) in [6, 6.07) is 9.36. The number of ketones is 1. The third-order valence-corrected chi connectivity index (χ3v) is 3.57. The van der Waals surface area contributed by atoms with Gasteiger partial charge in [0.15, 0.2) is 17.3 Å². The van der Waals surface area contributed by atoms with E-state index in [0.29, 0.717) is 22.7 Å². The van der Waals surface area contributed by atoms with E-state index < -0.39 is 4.92 Å². The molecule has 25 heavy (non-hydrogen) atoms. The summed E-state index contributed by atoms with van der Waals surface area (Å²) in [6.07, 6.45) is 2.80. The fraction of sp³-hybridized carbons (Fsp3) is 0.167. The fourth-order valence-corrected chi connectivity index (χ4v) is 2.17. The number of nitrogens with one attached hydrogen (secondary N) is 1. The molecule has 7 nitrogen and oxygen atoms in total. The van der Waals surface area contributed by atoms with Crippen molar-refractivity contribution >= 4 is 17.2 Å². The number of non-ortho nitro benzene ring substituents is 1. The van der Waals surface area contributed by atoms with Gasteiger partial charge in [-0.1, -0.05) is 6.07 Å². The third kappa shape index (κ3) is 4.35. The Morgan fingerprint density at radius 1 is 1.12 bits per heavy atom. The average Bonchev–Trinajstić information content (AvgIpc) is 2.62. The molecule has 0 saturated heterocycles. The van der Waals surface area contributed by atoms with Crippen LogP contribution in [0.3, 0.4) is 0 Å². The van der Waals surface area contributed by atoms with E-state index in [0.717, 1.165) is 5.56 Å². The number of nitro groups is 1. The zero-order valence-corrected chi connectivity index (χ0v) is 14.1. The van der Waals surface area contributed by atoms with Crippen LogP contribution in [0.15, 0.2) is 48.7 Å². The number of hydrogen-bond acceptors (Lipinski definition) is 6. The summed E-state index contributed by atoms with van der Waals surface area (Å²) < 4.78 is 10.3. The summed E-state index contributed by atoms with van der Waals surface area (Å²) in [5, 5.41) is 13.7. The summed E-state index contributed by atoms with van der Waals surface area (Å²) in [6.45, 7) is 1.82. The first-order valence-electron chi connectivity index (χ1n) is 7.40. The highest BCUT2D eigenvalue weighted by Gasteiger charge is 2.09. The van der Waals surface area contributed by atoms with E-state index in [1.54, 1.807) is 24.3 Å². The number of benzene rings is 2. The SMILES string of the molecule is COc1ccc(C(=O)/C=C\Nc2cc([N+](=O)[O-])ccc2C)cc1OC. The maximum absolute atomic E-state index is 12.2. The molecule has 2 aromatic carbocycles. The highest BCUT2D eigenvalue weighted by molar-refractivity contribution is 6.05. The molecule has 0 amide bonds. The Morgan fingerprint density at radius 3 is 2.48 bits per heavy atom. The van der Waals surface area contributed by atoms with Crippen molar-refractivity contribution < 1.29 is 19.2 Å². The van der Waals surface area contributed by atoms with Crippen LogP contribution in [0.5, 0.6) is 11.5 Å². The molecule has 0 unspecified atom stereocenters. The van der Waals surface area contributed by atoms with Crippen molar-refractivity contribution in [3.8, 4) is 11.5 Å². The van der Waals surface area contributed by atoms with E-state index in [4.69, 9.17) is 9.47 Å². The number of allylic oxidation sites excluding steroid dienone is 1. The summed E-state index contributed by atoms with van der Waals surface area (Å²) >= 11 is 0. The lowest BCUT2D eigenvalue weighted by Crippen LogP contribution is -1.99. The van der Waals surface area contributed by atoms with Gasteiger partial charge in [0.2, 0.25) is 0 Å². The monoisotopic (exact) mass is 342 g/mol. The first kappa shape index (κ1) is 18.0. The number of carbonyl (C=O) groups excluding carboxylic acids is 1. The number of anilines is 1.